The normalized spacial score (nSPS) is 23.7. The Labute approximate surface area is 69.2 Å². The fourth-order valence-electron chi connectivity index (χ4n) is 1.52. The SMILES string of the molecule is CC(C1CC1)N(C)C[C@H](C)O. The molecule has 2 heteroatoms. The van der Waals surface area contributed by atoms with Crippen molar-refractivity contribution in [1.82, 2.24) is 4.90 Å². The van der Waals surface area contributed by atoms with E-state index in [0.717, 1.165) is 12.5 Å². The second kappa shape index (κ2) is 3.55. The van der Waals surface area contributed by atoms with Gasteiger partial charge in [0.1, 0.15) is 0 Å². The number of nitrogens with zero attached hydrogens (tertiary/aromatic N) is 1. The molecular formula is C9H19NO. The first kappa shape index (κ1) is 9.01. The number of hydrogen-bond donors (Lipinski definition) is 1. The molecule has 1 aliphatic rings. The molecule has 66 valence electrons. The van der Waals surface area contributed by atoms with Gasteiger partial charge >= 0.3 is 0 Å². The van der Waals surface area contributed by atoms with Gasteiger partial charge < -0.3 is 10.0 Å². The molecule has 0 amide bonds. The van der Waals surface area contributed by atoms with Crippen molar-refractivity contribution in [2.75, 3.05) is 13.6 Å². The zero-order valence-corrected chi connectivity index (χ0v) is 7.75. The molecule has 0 saturated heterocycles. The highest BCUT2D eigenvalue weighted by Crippen LogP contribution is 2.34. The minimum atomic E-state index is -0.193. The van der Waals surface area contributed by atoms with Gasteiger partial charge in [0.15, 0.2) is 0 Å². The van der Waals surface area contributed by atoms with Gasteiger partial charge in [-0.25, -0.2) is 0 Å². The van der Waals surface area contributed by atoms with Crippen LogP contribution in [-0.4, -0.2) is 35.7 Å². The van der Waals surface area contributed by atoms with Gasteiger partial charge in [-0.05, 0) is 39.7 Å². The van der Waals surface area contributed by atoms with Crippen LogP contribution < -0.4 is 0 Å². The van der Waals surface area contributed by atoms with Gasteiger partial charge in [0.25, 0.3) is 0 Å². The Balaban J connectivity index is 2.21. The maximum Gasteiger partial charge on any atom is 0.0639 e. The lowest BCUT2D eigenvalue weighted by atomic mass is 10.2. The number of aliphatic hydroxyl groups is 1. The van der Waals surface area contributed by atoms with Crippen molar-refractivity contribution in [2.45, 2.75) is 38.8 Å². The van der Waals surface area contributed by atoms with Gasteiger partial charge in [-0.1, -0.05) is 0 Å². The first-order valence-corrected chi connectivity index (χ1v) is 4.49. The van der Waals surface area contributed by atoms with Crippen LogP contribution >= 0.6 is 0 Å². The highest BCUT2D eigenvalue weighted by Gasteiger charge is 2.30. The van der Waals surface area contributed by atoms with Crippen LogP contribution in [0, 0.1) is 5.92 Å². The molecule has 1 saturated carbocycles. The zero-order valence-electron chi connectivity index (χ0n) is 7.75. The van der Waals surface area contributed by atoms with E-state index in [9.17, 15) is 0 Å². The third-order valence-corrected chi connectivity index (χ3v) is 2.55. The molecule has 1 fully saturated rings. The summed E-state index contributed by atoms with van der Waals surface area (Å²) in [4.78, 5) is 2.25. The molecule has 0 bridgehead atoms. The van der Waals surface area contributed by atoms with E-state index in [1.807, 2.05) is 6.92 Å². The number of likely N-dealkylation sites (N-methyl/N-ethyl adjacent to an activating group) is 1. The van der Waals surface area contributed by atoms with E-state index in [-0.39, 0.29) is 6.10 Å². The van der Waals surface area contributed by atoms with Crippen molar-refractivity contribution in [2.24, 2.45) is 5.92 Å². The lowest BCUT2D eigenvalue weighted by Crippen LogP contribution is -2.36. The summed E-state index contributed by atoms with van der Waals surface area (Å²) >= 11 is 0. The van der Waals surface area contributed by atoms with Crippen LogP contribution in [0.2, 0.25) is 0 Å². The third kappa shape index (κ3) is 2.80. The summed E-state index contributed by atoms with van der Waals surface area (Å²) in [5, 5.41) is 9.13. The monoisotopic (exact) mass is 157 g/mol. The summed E-state index contributed by atoms with van der Waals surface area (Å²) in [6.45, 7) is 4.90. The second-order valence-electron chi connectivity index (χ2n) is 3.87. The van der Waals surface area contributed by atoms with Crippen LogP contribution in [0.15, 0.2) is 0 Å². The highest BCUT2D eigenvalue weighted by molar-refractivity contribution is 4.84. The Bertz CT molecular complexity index is 121. The minimum Gasteiger partial charge on any atom is -0.392 e. The summed E-state index contributed by atoms with van der Waals surface area (Å²) in [7, 11) is 2.09. The van der Waals surface area contributed by atoms with Gasteiger partial charge in [0, 0.05) is 12.6 Å². The Morgan fingerprint density at radius 1 is 1.45 bits per heavy atom. The van der Waals surface area contributed by atoms with E-state index in [2.05, 4.69) is 18.9 Å². The molecule has 0 radical (unpaired) electrons. The first-order valence-electron chi connectivity index (χ1n) is 4.49. The molecule has 0 aromatic rings. The van der Waals surface area contributed by atoms with E-state index >= 15 is 0 Å². The van der Waals surface area contributed by atoms with Gasteiger partial charge in [-0.15, -0.1) is 0 Å². The smallest absolute Gasteiger partial charge is 0.0639 e. The third-order valence-electron chi connectivity index (χ3n) is 2.55. The Hall–Kier alpha value is -0.0800. The standard InChI is InChI=1S/C9H19NO/c1-7(11)6-10(3)8(2)9-4-5-9/h7-9,11H,4-6H2,1-3H3/t7-,8?/m0/s1. The van der Waals surface area contributed by atoms with E-state index in [1.165, 1.54) is 12.8 Å². The number of hydrogen-bond acceptors (Lipinski definition) is 2. The topological polar surface area (TPSA) is 23.5 Å². The molecule has 1 N–H and O–H groups in total. The zero-order chi connectivity index (χ0) is 8.43. The molecule has 11 heavy (non-hydrogen) atoms. The molecular weight excluding hydrogens is 138 g/mol. The van der Waals surface area contributed by atoms with Crippen molar-refractivity contribution in [3.8, 4) is 0 Å². The summed E-state index contributed by atoms with van der Waals surface area (Å²) in [6.07, 6.45) is 2.57. The van der Waals surface area contributed by atoms with Crippen molar-refractivity contribution in [1.29, 1.82) is 0 Å². The van der Waals surface area contributed by atoms with Crippen molar-refractivity contribution in [3.05, 3.63) is 0 Å². The lowest BCUT2D eigenvalue weighted by Gasteiger charge is -2.25. The maximum atomic E-state index is 9.13. The quantitative estimate of drug-likeness (QED) is 0.660. The summed E-state index contributed by atoms with van der Waals surface area (Å²) in [6, 6.07) is 0.657. The Kier molecular flexibility index (Phi) is 2.90. The molecule has 1 aliphatic carbocycles. The van der Waals surface area contributed by atoms with Crippen LogP contribution in [0.25, 0.3) is 0 Å². The molecule has 0 spiro atoms. The minimum absolute atomic E-state index is 0.193. The number of rotatable bonds is 4. The van der Waals surface area contributed by atoms with E-state index in [4.69, 9.17) is 5.11 Å². The Morgan fingerprint density at radius 2 is 2.00 bits per heavy atom. The molecule has 1 unspecified atom stereocenters. The van der Waals surface area contributed by atoms with Gasteiger partial charge in [0.2, 0.25) is 0 Å². The van der Waals surface area contributed by atoms with E-state index in [0.29, 0.717) is 6.04 Å². The molecule has 2 nitrogen and oxygen atoms in total. The van der Waals surface area contributed by atoms with Crippen LogP contribution in [0.1, 0.15) is 26.7 Å². The predicted molar refractivity (Wildman–Crippen MR) is 46.5 cm³/mol. The predicted octanol–water partition coefficient (Wildman–Crippen LogP) is 1.10. The average molecular weight is 157 g/mol. The first-order chi connectivity index (χ1) is 5.11. The highest BCUT2D eigenvalue weighted by atomic mass is 16.3. The van der Waals surface area contributed by atoms with Crippen molar-refractivity contribution in [3.63, 3.8) is 0 Å². The van der Waals surface area contributed by atoms with Gasteiger partial charge in [0.05, 0.1) is 6.10 Å². The second-order valence-corrected chi connectivity index (χ2v) is 3.87. The fraction of sp³-hybridized carbons (Fsp3) is 1.00. The average Bonchev–Trinajstić information content (AvgIpc) is 2.65. The molecule has 2 atom stereocenters. The Morgan fingerprint density at radius 3 is 2.36 bits per heavy atom. The molecule has 1 rings (SSSR count). The van der Waals surface area contributed by atoms with Crippen molar-refractivity contribution < 1.29 is 5.11 Å². The molecule has 0 heterocycles. The maximum absolute atomic E-state index is 9.13. The van der Waals surface area contributed by atoms with Crippen LogP contribution in [0.5, 0.6) is 0 Å². The molecule has 0 aromatic heterocycles. The van der Waals surface area contributed by atoms with Crippen LogP contribution in [0.4, 0.5) is 0 Å². The summed E-state index contributed by atoms with van der Waals surface area (Å²) in [5.74, 6) is 0.902. The van der Waals surface area contributed by atoms with Crippen molar-refractivity contribution >= 4 is 0 Å². The summed E-state index contributed by atoms with van der Waals surface area (Å²) in [5.41, 5.74) is 0. The van der Waals surface area contributed by atoms with E-state index in [1.54, 1.807) is 0 Å². The largest absolute Gasteiger partial charge is 0.392 e. The lowest BCUT2D eigenvalue weighted by molar-refractivity contribution is 0.115. The van der Waals surface area contributed by atoms with Crippen LogP contribution in [-0.2, 0) is 0 Å². The molecule has 0 aliphatic heterocycles. The summed E-state index contributed by atoms with van der Waals surface area (Å²) < 4.78 is 0. The van der Waals surface area contributed by atoms with Gasteiger partial charge in [-0.3, -0.25) is 0 Å². The fourth-order valence-corrected chi connectivity index (χ4v) is 1.52. The van der Waals surface area contributed by atoms with Gasteiger partial charge in [-0.2, -0.15) is 0 Å². The van der Waals surface area contributed by atoms with Crippen LogP contribution in [0.3, 0.4) is 0 Å². The molecule has 0 aromatic carbocycles. The van der Waals surface area contributed by atoms with E-state index < -0.39 is 0 Å². The number of aliphatic hydroxyl groups excluding tert-OH is 1.